The number of carboxylic acid groups (broad SMARTS) is 1. The molecule has 0 bridgehead atoms. The van der Waals surface area contributed by atoms with Crippen molar-refractivity contribution in [2.75, 3.05) is 59.0 Å². The number of hydrogen-bond acceptors (Lipinski definition) is 16. The van der Waals surface area contributed by atoms with Crippen LogP contribution >= 0.6 is 0 Å². The number of amides is 11. The first-order valence-electron chi connectivity index (χ1n) is 22.4. The third-order valence-corrected chi connectivity index (χ3v) is 11.5. The van der Waals surface area contributed by atoms with Gasteiger partial charge in [0.25, 0.3) is 0 Å². The lowest BCUT2D eigenvalue weighted by molar-refractivity contribution is -0.152. The number of hydrogen-bond donors (Lipinski definition) is 13. The number of aliphatic hydroxyl groups excluding tert-OH is 2. The zero-order chi connectivity index (χ0) is 50.7. The van der Waals surface area contributed by atoms with Crippen LogP contribution in [0.25, 0.3) is 0 Å². The van der Waals surface area contributed by atoms with Crippen LogP contribution in [0.4, 0.5) is 0 Å². The molecule has 28 heteroatoms. The van der Waals surface area contributed by atoms with Crippen LogP contribution in [-0.4, -0.2) is 208 Å². The van der Waals surface area contributed by atoms with E-state index in [2.05, 4.69) is 37.2 Å². The van der Waals surface area contributed by atoms with Gasteiger partial charge in [-0.1, -0.05) is 6.42 Å². The highest BCUT2D eigenvalue weighted by atomic mass is 16.4. The Kier molecular flexibility index (Phi) is 22.4. The zero-order valence-corrected chi connectivity index (χ0v) is 37.9. The summed E-state index contributed by atoms with van der Waals surface area (Å²) in [7, 11) is 0. The van der Waals surface area contributed by atoms with Crippen LogP contribution < -0.4 is 54.4 Å². The smallest absolute Gasteiger partial charge is 0.326 e. The lowest BCUT2D eigenvalue weighted by atomic mass is 10.1. The maximum Gasteiger partial charge on any atom is 0.326 e. The van der Waals surface area contributed by atoms with Crippen molar-refractivity contribution in [1.29, 1.82) is 0 Å². The molecule has 3 fully saturated rings. The topological polar surface area (TPSA) is 438 Å². The normalized spacial score (nSPS) is 19.9. The molecule has 3 rings (SSSR count). The second kappa shape index (κ2) is 27.3. The molecule has 0 aromatic heterocycles. The molecule has 0 aromatic rings. The monoisotopic (exact) mass is 967 g/mol. The highest BCUT2D eigenvalue weighted by molar-refractivity contribution is 5.98. The molecule has 28 nitrogen and oxygen atoms in total. The molecule has 0 unspecified atom stereocenters. The van der Waals surface area contributed by atoms with E-state index in [1.807, 2.05) is 0 Å². The fourth-order valence-electron chi connectivity index (χ4n) is 7.88. The molecule has 16 N–H and O–H groups in total. The number of likely N-dealkylation sites (tertiary alicyclic amines) is 3. The summed E-state index contributed by atoms with van der Waals surface area (Å²) in [5.41, 5.74) is 16.5. The first kappa shape index (κ1) is 55.8. The van der Waals surface area contributed by atoms with Crippen molar-refractivity contribution < 1.29 is 72.9 Å². The predicted molar refractivity (Wildman–Crippen MR) is 233 cm³/mol. The van der Waals surface area contributed by atoms with Crippen LogP contribution in [-0.2, 0) is 57.5 Å². The summed E-state index contributed by atoms with van der Waals surface area (Å²) in [5, 5.41) is 45.2. The van der Waals surface area contributed by atoms with Crippen LogP contribution in [0.15, 0.2) is 0 Å². The molecule has 3 heterocycles. The number of nitrogens with one attached hydrogen (secondary N) is 7. The lowest BCUT2D eigenvalue weighted by Gasteiger charge is -2.31. The van der Waals surface area contributed by atoms with E-state index in [0.29, 0.717) is 51.5 Å². The summed E-state index contributed by atoms with van der Waals surface area (Å²) in [6, 6.07) is -10.0. The fraction of sp³-hybridized carbons (Fsp3) is 0.700. The van der Waals surface area contributed by atoms with Crippen molar-refractivity contribution in [3.05, 3.63) is 0 Å². The van der Waals surface area contributed by atoms with Crippen LogP contribution in [0.5, 0.6) is 0 Å². The number of carboxylic acids is 1. The van der Waals surface area contributed by atoms with E-state index in [-0.39, 0.29) is 32.5 Å². The van der Waals surface area contributed by atoms with Crippen LogP contribution in [0.1, 0.15) is 71.1 Å². The molecule has 0 aromatic carbocycles. The van der Waals surface area contributed by atoms with Gasteiger partial charge in [-0.05, 0) is 64.8 Å². The Balaban J connectivity index is 1.45. The summed E-state index contributed by atoms with van der Waals surface area (Å²) in [6.07, 6.45) is 2.90. The maximum absolute atomic E-state index is 13.3. The Morgan fingerprint density at radius 1 is 0.618 bits per heavy atom. The van der Waals surface area contributed by atoms with E-state index in [0.717, 1.165) is 4.90 Å². The zero-order valence-electron chi connectivity index (χ0n) is 37.9. The number of aliphatic carboxylic acids is 1. The second-order valence-electron chi connectivity index (χ2n) is 16.6. The molecule has 3 aliphatic rings. The molecule has 3 aliphatic heterocycles. The maximum atomic E-state index is 13.3. The lowest BCUT2D eigenvalue weighted by Crippen LogP contribution is -2.59. The Morgan fingerprint density at radius 2 is 1.16 bits per heavy atom. The molecule has 0 radical (unpaired) electrons. The van der Waals surface area contributed by atoms with Gasteiger partial charge in [0.15, 0.2) is 0 Å². The molecule has 3 saturated heterocycles. The fourth-order valence-corrected chi connectivity index (χ4v) is 7.88. The molecule has 380 valence electrons. The summed E-state index contributed by atoms with van der Waals surface area (Å²) in [6.45, 7) is -1.72. The standard InChI is InChI=1S/C40H65N13O15/c1-21(38(65)52-13-5-9-27(52)39(66)53-14-6-10-28(53)40(67)68)47-31(58)17-46-35(62)24(19-54)49-36(63)25(20-55)50-37(64)26-8-4-12-51(26)32(59)18-44-30(57)16-45-34(61)23(15-29(43)56)48-33(60)22(42)7-2-3-11-41/h21-28,54-55H,2-20,41-42H2,1H3,(H2,43,56)(H,44,57)(H,45,61)(H,46,62)(H,47,58)(H,48,60)(H,49,63)(H,50,64)(H,67,68)/t21-,22-,23-,24-,25-,26-,27-,28-/m0/s1. The average molecular weight is 968 g/mol. The molecule has 8 atom stereocenters. The van der Waals surface area contributed by atoms with Crippen molar-refractivity contribution >= 4 is 70.9 Å². The van der Waals surface area contributed by atoms with E-state index < -0.39 is 159 Å². The number of nitrogens with two attached hydrogens (primary N) is 3. The van der Waals surface area contributed by atoms with Crippen molar-refractivity contribution in [2.45, 2.75) is 119 Å². The van der Waals surface area contributed by atoms with Gasteiger partial charge in [0.1, 0.15) is 42.3 Å². The van der Waals surface area contributed by atoms with Gasteiger partial charge < -0.3 is 84.4 Å². The number of primary amides is 1. The van der Waals surface area contributed by atoms with Gasteiger partial charge in [-0.2, -0.15) is 0 Å². The van der Waals surface area contributed by atoms with Gasteiger partial charge in [-0.15, -0.1) is 0 Å². The average Bonchev–Trinajstić information content (AvgIpc) is 4.11. The van der Waals surface area contributed by atoms with E-state index in [1.165, 1.54) is 16.7 Å². The number of carbonyl (C=O) groups is 12. The Labute approximate surface area is 390 Å². The molecular formula is C40H65N13O15. The van der Waals surface area contributed by atoms with Crippen molar-refractivity contribution in [3.63, 3.8) is 0 Å². The predicted octanol–water partition coefficient (Wildman–Crippen LogP) is -8.33. The Hall–Kier alpha value is -6.52. The largest absolute Gasteiger partial charge is 0.480 e. The summed E-state index contributed by atoms with van der Waals surface area (Å²) < 4.78 is 0. The van der Waals surface area contributed by atoms with Crippen LogP contribution in [0.3, 0.4) is 0 Å². The minimum atomic E-state index is -1.68. The van der Waals surface area contributed by atoms with E-state index in [4.69, 9.17) is 17.2 Å². The quantitative estimate of drug-likeness (QED) is 0.0358. The van der Waals surface area contributed by atoms with Crippen LogP contribution in [0.2, 0.25) is 0 Å². The molecular weight excluding hydrogens is 903 g/mol. The SMILES string of the molecule is C[C@H](NC(=O)CNC(=O)[C@H](CO)NC(=O)[C@H](CO)NC(=O)[C@@H]1CCCN1C(=O)CNC(=O)CNC(=O)[C@H](CC(N)=O)NC(=O)[C@@H](N)CCCCN)C(=O)N1CCC[C@H]1C(=O)N1CCC[C@H]1C(=O)O. The summed E-state index contributed by atoms with van der Waals surface area (Å²) in [5.74, 6) is -10.3. The number of carbonyl (C=O) groups excluding carboxylic acids is 11. The number of unbranched alkanes of at least 4 members (excludes halogenated alkanes) is 1. The molecule has 0 aliphatic carbocycles. The minimum absolute atomic E-state index is 0.0712. The highest BCUT2D eigenvalue weighted by Crippen LogP contribution is 2.25. The van der Waals surface area contributed by atoms with Crippen molar-refractivity contribution in [2.24, 2.45) is 17.2 Å². The number of aliphatic hydroxyl groups is 2. The second-order valence-corrected chi connectivity index (χ2v) is 16.6. The van der Waals surface area contributed by atoms with Gasteiger partial charge in [-0.25, -0.2) is 4.79 Å². The summed E-state index contributed by atoms with van der Waals surface area (Å²) in [4.78, 5) is 156. The Bertz CT molecular complexity index is 1890. The number of rotatable bonds is 26. The molecule has 0 saturated carbocycles. The third-order valence-electron chi connectivity index (χ3n) is 11.5. The highest BCUT2D eigenvalue weighted by Gasteiger charge is 2.43. The van der Waals surface area contributed by atoms with E-state index in [1.54, 1.807) is 0 Å². The molecule has 0 spiro atoms. The minimum Gasteiger partial charge on any atom is -0.480 e. The third kappa shape index (κ3) is 16.4. The van der Waals surface area contributed by atoms with Gasteiger partial charge in [0.2, 0.25) is 65.0 Å². The molecule has 11 amide bonds. The van der Waals surface area contributed by atoms with Gasteiger partial charge in [0, 0.05) is 19.6 Å². The summed E-state index contributed by atoms with van der Waals surface area (Å²) >= 11 is 0. The van der Waals surface area contributed by atoms with E-state index >= 15 is 0 Å². The van der Waals surface area contributed by atoms with Crippen molar-refractivity contribution in [3.8, 4) is 0 Å². The van der Waals surface area contributed by atoms with Gasteiger partial charge in [-0.3, -0.25) is 52.7 Å². The molecule has 68 heavy (non-hydrogen) atoms. The Morgan fingerprint density at radius 3 is 1.76 bits per heavy atom. The van der Waals surface area contributed by atoms with Gasteiger partial charge >= 0.3 is 5.97 Å². The number of nitrogens with zero attached hydrogens (tertiary/aromatic N) is 3. The first-order chi connectivity index (χ1) is 32.2. The van der Waals surface area contributed by atoms with Crippen LogP contribution in [0, 0.1) is 0 Å². The first-order valence-corrected chi connectivity index (χ1v) is 22.4. The van der Waals surface area contributed by atoms with Crippen molar-refractivity contribution in [1.82, 2.24) is 51.9 Å². The van der Waals surface area contributed by atoms with Gasteiger partial charge in [0.05, 0.1) is 45.3 Å². The van der Waals surface area contributed by atoms with E-state index in [9.17, 15) is 72.9 Å².